The lowest BCUT2D eigenvalue weighted by atomic mass is 9.94. The van der Waals surface area contributed by atoms with Gasteiger partial charge in [0.25, 0.3) is 0 Å². The molecule has 1 N–H and O–H groups in total. The van der Waals surface area contributed by atoms with E-state index in [4.69, 9.17) is 23.8 Å². The summed E-state index contributed by atoms with van der Waals surface area (Å²) in [6.45, 7) is 0.600. The van der Waals surface area contributed by atoms with Gasteiger partial charge in [-0.2, -0.15) is 0 Å². The van der Waals surface area contributed by atoms with Crippen molar-refractivity contribution in [3.8, 4) is 45.3 Å². The summed E-state index contributed by atoms with van der Waals surface area (Å²) in [5, 5.41) is 8.85. The van der Waals surface area contributed by atoms with Crippen LogP contribution in [-0.2, 0) is 6.54 Å². The predicted molar refractivity (Wildman–Crippen MR) is 207 cm³/mol. The second-order valence-electron chi connectivity index (χ2n) is 12.8. The third-order valence-corrected chi connectivity index (χ3v) is 11.0. The maximum atomic E-state index is 6.61. The Kier molecular flexibility index (Phi) is 6.08. The fraction of sp³-hybridized carbons (Fsp3) is 0.0227. The number of hydrogen-bond donors (Lipinski definition) is 1. The van der Waals surface area contributed by atoms with Crippen LogP contribution in [0.3, 0.4) is 0 Å². The van der Waals surface area contributed by atoms with Gasteiger partial charge in [0.05, 0.1) is 6.54 Å². The third kappa shape index (κ3) is 4.38. The highest BCUT2D eigenvalue weighted by Gasteiger charge is 2.24. The molecule has 0 bridgehead atoms. The predicted octanol–water partition coefficient (Wildman–Crippen LogP) is 11.6. The maximum absolute atomic E-state index is 6.61. The summed E-state index contributed by atoms with van der Waals surface area (Å²) < 4.78 is 15.3. The number of rotatable bonds is 4. The van der Waals surface area contributed by atoms with E-state index in [-0.39, 0.29) is 0 Å². The Balaban J connectivity index is 1.22. The second kappa shape index (κ2) is 11.0. The van der Waals surface area contributed by atoms with E-state index in [2.05, 4.69) is 84.2 Å². The Morgan fingerprint density at radius 1 is 0.529 bits per heavy atom. The van der Waals surface area contributed by atoms with E-state index in [9.17, 15) is 0 Å². The first kappa shape index (κ1) is 28.3. The quantitative estimate of drug-likeness (QED) is 0.200. The molecule has 5 heterocycles. The summed E-state index contributed by atoms with van der Waals surface area (Å²) in [5.74, 6) is 2.71. The average Bonchev–Trinajstić information content (AvgIpc) is 3.89. The summed E-state index contributed by atoms with van der Waals surface area (Å²) in [6, 6.07) is 43.8. The molecule has 10 aromatic rings. The van der Waals surface area contributed by atoms with E-state index in [1.165, 1.54) is 15.5 Å². The van der Waals surface area contributed by atoms with E-state index < -0.39 is 0 Å². The summed E-state index contributed by atoms with van der Waals surface area (Å²) in [5.41, 5.74) is 8.34. The lowest BCUT2D eigenvalue weighted by Gasteiger charge is -2.12. The van der Waals surface area contributed by atoms with Gasteiger partial charge in [0.15, 0.2) is 17.5 Å². The number of aromatic nitrogens is 3. The minimum Gasteiger partial charge on any atom is -0.458 e. The van der Waals surface area contributed by atoms with Gasteiger partial charge in [-0.25, -0.2) is 15.0 Å². The second-order valence-corrected chi connectivity index (χ2v) is 13.8. The molecule has 0 amide bonds. The Bertz CT molecular complexity index is 3040. The molecular formula is C44H26N4O2S. The molecular weight excluding hydrogens is 649 g/mol. The van der Waals surface area contributed by atoms with Crippen molar-refractivity contribution < 1.29 is 8.83 Å². The number of para-hydroxylation sites is 1. The van der Waals surface area contributed by atoms with Crippen LogP contribution >= 0.6 is 11.3 Å². The molecule has 6 nitrogen and oxygen atoms in total. The Morgan fingerprint density at radius 3 is 2.18 bits per heavy atom. The number of nitrogens with zero attached hydrogens (tertiary/aromatic N) is 3. The van der Waals surface area contributed by atoms with Gasteiger partial charge in [-0.3, -0.25) is 0 Å². The number of nitrogens with one attached hydrogen (secondary N) is 1. The Morgan fingerprint density at radius 2 is 1.25 bits per heavy atom. The lowest BCUT2D eigenvalue weighted by molar-refractivity contribution is 0.532. The molecule has 7 heteroatoms. The van der Waals surface area contributed by atoms with Crippen molar-refractivity contribution in [1.82, 2.24) is 20.3 Å². The zero-order chi connectivity index (χ0) is 33.5. The monoisotopic (exact) mass is 674 g/mol. The standard InChI is InChI=1S/C44H26N4O2S/c1-2-10-25(11-3-1)42-46-43(32-16-8-15-29-28-12-5-7-19-38(28)51-41(29)32)48-44(47-42)33-22-26(23-36-40(33)31-20-21-45-24-37(31)50-36)27-14-9-18-35-39(27)30-13-4-6-17-34(30)49-35/h1-23,45H,24H2. The molecule has 1 aliphatic heterocycles. The molecule has 6 aromatic carbocycles. The van der Waals surface area contributed by atoms with Gasteiger partial charge in [0.1, 0.15) is 22.5 Å². The highest BCUT2D eigenvalue weighted by Crippen LogP contribution is 2.44. The van der Waals surface area contributed by atoms with E-state index in [0.717, 1.165) is 76.7 Å². The molecule has 11 rings (SSSR count). The van der Waals surface area contributed by atoms with Crippen molar-refractivity contribution in [2.24, 2.45) is 0 Å². The molecule has 0 fully saturated rings. The summed E-state index contributed by atoms with van der Waals surface area (Å²) >= 11 is 1.77. The Labute approximate surface area is 295 Å². The normalized spacial score (nSPS) is 12.7. The number of furan rings is 2. The van der Waals surface area contributed by atoms with Crippen LogP contribution in [0.4, 0.5) is 0 Å². The largest absolute Gasteiger partial charge is 0.458 e. The fourth-order valence-corrected chi connectivity index (χ4v) is 8.72. The van der Waals surface area contributed by atoms with E-state index >= 15 is 0 Å². The van der Waals surface area contributed by atoms with Crippen molar-refractivity contribution in [1.29, 1.82) is 0 Å². The highest BCUT2D eigenvalue weighted by atomic mass is 32.1. The van der Waals surface area contributed by atoms with Gasteiger partial charge in [-0.15, -0.1) is 11.3 Å². The average molecular weight is 675 g/mol. The summed E-state index contributed by atoms with van der Waals surface area (Å²) in [4.78, 5) is 15.7. The van der Waals surface area contributed by atoms with Gasteiger partial charge < -0.3 is 14.2 Å². The van der Waals surface area contributed by atoms with Gasteiger partial charge >= 0.3 is 0 Å². The van der Waals surface area contributed by atoms with Crippen molar-refractivity contribution in [3.05, 3.63) is 145 Å². The van der Waals surface area contributed by atoms with E-state index in [1.54, 1.807) is 11.3 Å². The molecule has 4 aromatic heterocycles. The zero-order valence-electron chi connectivity index (χ0n) is 27.1. The van der Waals surface area contributed by atoms with Crippen LogP contribution < -0.4 is 5.32 Å². The molecule has 51 heavy (non-hydrogen) atoms. The fourth-order valence-electron chi connectivity index (χ4n) is 7.51. The van der Waals surface area contributed by atoms with Gasteiger partial charge in [-0.1, -0.05) is 91.0 Å². The van der Waals surface area contributed by atoms with Gasteiger partial charge in [0, 0.05) is 58.6 Å². The van der Waals surface area contributed by atoms with Crippen molar-refractivity contribution in [2.45, 2.75) is 6.54 Å². The molecule has 0 saturated heterocycles. The van der Waals surface area contributed by atoms with Crippen LogP contribution in [0.2, 0.25) is 0 Å². The maximum Gasteiger partial charge on any atom is 0.165 e. The van der Waals surface area contributed by atoms with Crippen LogP contribution in [0.5, 0.6) is 0 Å². The summed E-state index contributed by atoms with van der Waals surface area (Å²) in [6.07, 6.45) is 4.06. The highest BCUT2D eigenvalue weighted by molar-refractivity contribution is 7.26. The number of fused-ring (bicyclic) bond motifs is 9. The molecule has 0 radical (unpaired) electrons. The van der Waals surface area contributed by atoms with Crippen LogP contribution in [0.15, 0.2) is 142 Å². The van der Waals surface area contributed by atoms with Crippen molar-refractivity contribution in [2.75, 3.05) is 0 Å². The topological polar surface area (TPSA) is 77.0 Å². The molecule has 0 aliphatic carbocycles. The van der Waals surface area contributed by atoms with Crippen LogP contribution in [-0.4, -0.2) is 15.0 Å². The molecule has 0 unspecified atom stereocenters. The Hall–Kier alpha value is -6.57. The first-order chi connectivity index (χ1) is 25.3. The minimum atomic E-state index is 0.587. The molecule has 0 atom stereocenters. The van der Waals surface area contributed by atoms with Crippen LogP contribution in [0.1, 0.15) is 11.3 Å². The number of benzene rings is 6. The third-order valence-electron chi connectivity index (χ3n) is 9.80. The first-order valence-electron chi connectivity index (χ1n) is 16.9. The molecule has 240 valence electrons. The first-order valence-corrected chi connectivity index (χ1v) is 17.7. The number of hydrogen-bond acceptors (Lipinski definition) is 7. The van der Waals surface area contributed by atoms with Crippen LogP contribution in [0.25, 0.3) is 104 Å². The molecule has 0 saturated carbocycles. The van der Waals surface area contributed by atoms with Gasteiger partial charge in [-0.05, 0) is 59.8 Å². The zero-order valence-corrected chi connectivity index (χ0v) is 27.9. The molecule has 0 spiro atoms. The molecule has 1 aliphatic rings. The van der Waals surface area contributed by atoms with Gasteiger partial charge in [0.2, 0.25) is 0 Å². The smallest absolute Gasteiger partial charge is 0.165 e. The van der Waals surface area contributed by atoms with Crippen molar-refractivity contribution >= 4 is 70.5 Å². The summed E-state index contributed by atoms with van der Waals surface area (Å²) in [7, 11) is 0. The lowest BCUT2D eigenvalue weighted by Crippen LogP contribution is -2.08. The number of thiophene rings is 1. The van der Waals surface area contributed by atoms with E-state index in [0.29, 0.717) is 24.0 Å². The van der Waals surface area contributed by atoms with Crippen LogP contribution in [0, 0.1) is 0 Å². The van der Waals surface area contributed by atoms with E-state index in [1.807, 2.05) is 60.8 Å². The minimum absolute atomic E-state index is 0.587. The SMILES string of the molecule is C1=Cc2c(oc3cc(-c4cccc5oc6ccccc6c45)cc(-c4nc(-c5ccccc5)nc(-c5cccc6c5sc5ccccc56)n4)c23)CN1. The van der Waals surface area contributed by atoms with Crippen molar-refractivity contribution in [3.63, 3.8) is 0 Å².